The van der Waals surface area contributed by atoms with Gasteiger partial charge in [-0.05, 0) is 24.3 Å². The Morgan fingerprint density at radius 2 is 2.04 bits per heavy atom. The summed E-state index contributed by atoms with van der Waals surface area (Å²) in [6.45, 7) is 0. The summed E-state index contributed by atoms with van der Waals surface area (Å²) in [6, 6.07) is 14.0. The Bertz CT molecular complexity index is 1000. The number of hydrogen-bond donors (Lipinski definition) is 1. The van der Waals surface area contributed by atoms with Crippen molar-refractivity contribution in [2.45, 2.75) is 18.4 Å². The highest BCUT2D eigenvalue weighted by Crippen LogP contribution is 2.43. The van der Waals surface area contributed by atoms with Gasteiger partial charge in [0.25, 0.3) is 0 Å². The first-order chi connectivity index (χ1) is 13.1. The molecule has 7 heteroatoms. The van der Waals surface area contributed by atoms with Gasteiger partial charge in [-0.3, -0.25) is 4.79 Å². The standard InChI is InChI=1S/C20H16ClN3O3/c21-13-4-3-5-15(8-13)27-19-7-2-1-6-16(19)17-9-14(25)10-18(26)20(17)24-12-22-11-23-24/h1-8,10-12,17,20,26H,9H2/t17-,20+/m1/s1. The molecule has 2 atom stereocenters. The highest BCUT2D eigenvalue weighted by molar-refractivity contribution is 6.30. The zero-order valence-corrected chi connectivity index (χ0v) is 15.0. The first kappa shape index (κ1) is 17.3. The molecule has 0 saturated carbocycles. The number of ketones is 1. The van der Waals surface area contributed by atoms with Gasteiger partial charge in [-0.15, -0.1) is 0 Å². The Morgan fingerprint density at radius 1 is 1.19 bits per heavy atom. The van der Waals surface area contributed by atoms with Crippen LogP contribution in [0.5, 0.6) is 11.5 Å². The second-order valence-electron chi connectivity index (χ2n) is 6.26. The third kappa shape index (κ3) is 3.57. The topological polar surface area (TPSA) is 77.2 Å². The minimum atomic E-state index is -0.533. The Labute approximate surface area is 160 Å². The van der Waals surface area contributed by atoms with Crippen molar-refractivity contribution in [3.63, 3.8) is 0 Å². The molecule has 2 aromatic carbocycles. The van der Waals surface area contributed by atoms with Crippen molar-refractivity contribution in [3.05, 3.63) is 83.6 Å². The zero-order valence-electron chi connectivity index (χ0n) is 14.2. The van der Waals surface area contributed by atoms with Crippen LogP contribution in [-0.2, 0) is 4.79 Å². The van der Waals surface area contributed by atoms with E-state index in [1.54, 1.807) is 28.9 Å². The molecule has 6 nitrogen and oxygen atoms in total. The molecule has 1 aliphatic carbocycles. The summed E-state index contributed by atoms with van der Waals surface area (Å²) in [5, 5.41) is 15.2. The summed E-state index contributed by atoms with van der Waals surface area (Å²) in [4.78, 5) is 16.1. The number of ether oxygens (including phenoxy) is 1. The average molecular weight is 382 g/mol. The SMILES string of the molecule is O=C1C=C(O)[C@@H](n2cncn2)[C@@H](c2ccccc2Oc2cccc(Cl)c2)C1. The Hall–Kier alpha value is -3.12. The number of aliphatic hydroxyl groups is 1. The molecule has 0 spiro atoms. The Kier molecular flexibility index (Phi) is 4.64. The summed E-state index contributed by atoms with van der Waals surface area (Å²) >= 11 is 6.04. The molecule has 0 bridgehead atoms. The lowest BCUT2D eigenvalue weighted by molar-refractivity contribution is -0.116. The normalized spacial score (nSPS) is 19.6. The summed E-state index contributed by atoms with van der Waals surface area (Å²) in [5.74, 6) is 0.650. The summed E-state index contributed by atoms with van der Waals surface area (Å²) in [5.41, 5.74) is 0.797. The quantitative estimate of drug-likeness (QED) is 0.721. The van der Waals surface area contributed by atoms with E-state index in [-0.39, 0.29) is 23.9 Å². The predicted octanol–water partition coefficient (Wildman–Crippen LogP) is 4.46. The van der Waals surface area contributed by atoms with Crippen molar-refractivity contribution >= 4 is 17.4 Å². The third-order valence-electron chi connectivity index (χ3n) is 4.48. The summed E-state index contributed by atoms with van der Waals surface area (Å²) < 4.78 is 7.59. The molecule has 0 radical (unpaired) electrons. The highest BCUT2D eigenvalue weighted by Gasteiger charge is 2.36. The molecule has 3 aromatic rings. The maximum Gasteiger partial charge on any atom is 0.159 e. The smallest absolute Gasteiger partial charge is 0.159 e. The maximum atomic E-state index is 12.1. The van der Waals surface area contributed by atoms with Gasteiger partial charge in [-0.25, -0.2) is 9.67 Å². The predicted molar refractivity (Wildman–Crippen MR) is 100 cm³/mol. The van der Waals surface area contributed by atoms with Crippen LogP contribution in [0.15, 0.2) is 73.0 Å². The van der Waals surface area contributed by atoms with Crippen molar-refractivity contribution in [2.75, 3.05) is 0 Å². The van der Waals surface area contributed by atoms with Crippen LogP contribution in [0.3, 0.4) is 0 Å². The largest absolute Gasteiger partial charge is 0.510 e. The van der Waals surface area contributed by atoms with Crippen molar-refractivity contribution in [3.8, 4) is 11.5 Å². The number of rotatable bonds is 4. The van der Waals surface area contributed by atoms with E-state index >= 15 is 0 Å². The van der Waals surface area contributed by atoms with E-state index in [0.29, 0.717) is 16.5 Å². The monoisotopic (exact) mass is 381 g/mol. The van der Waals surface area contributed by atoms with Crippen LogP contribution in [0.1, 0.15) is 23.9 Å². The molecule has 1 heterocycles. The molecule has 136 valence electrons. The number of allylic oxidation sites excluding steroid dienone is 2. The molecule has 4 rings (SSSR count). The molecule has 1 aromatic heterocycles. The van der Waals surface area contributed by atoms with E-state index in [0.717, 1.165) is 5.56 Å². The number of aromatic nitrogens is 3. The van der Waals surface area contributed by atoms with Crippen molar-refractivity contribution < 1.29 is 14.6 Å². The third-order valence-corrected chi connectivity index (χ3v) is 4.71. The minimum absolute atomic E-state index is 0.0423. The molecular formula is C20H16ClN3O3. The van der Waals surface area contributed by atoms with Gasteiger partial charge < -0.3 is 9.84 Å². The van der Waals surface area contributed by atoms with Crippen molar-refractivity contribution in [1.29, 1.82) is 0 Å². The van der Waals surface area contributed by atoms with Crippen LogP contribution in [0.4, 0.5) is 0 Å². The van der Waals surface area contributed by atoms with Gasteiger partial charge >= 0.3 is 0 Å². The lowest BCUT2D eigenvalue weighted by Gasteiger charge is -2.30. The molecular weight excluding hydrogens is 366 g/mol. The molecule has 0 fully saturated rings. The summed E-state index contributed by atoms with van der Waals surface area (Å²) in [6.07, 6.45) is 4.40. The number of aliphatic hydroxyl groups excluding tert-OH is 1. The summed E-state index contributed by atoms with van der Waals surface area (Å²) in [7, 11) is 0. The number of carbonyl (C=O) groups excluding carboxylic acids is 1. The second-order valence-corrected chi connectivity index (χ2v) is 6.70. The van der Waals surface area contributed by atoms with Crippen LogP contribution in [0, 0.1) is 0 Å². The van der Waals surface area contributed by atoms with Crippen LogP contribution < -0.4 is 4.74 Å². The maximum absolute atomic E-state index is 12.1. The molecule has 1 N–H and O–H groups in total. The molecule has 27 heavy (non-hydrogen) atoms. The molecule has 0 aliphatic heterocycles. The lowest BCUT2D eigenvalue weighted by atomic mass is 9.81. The van der Waals surface area contributed by atoms with Gasteiger partial charge in [0.1, 0.15) is 36.0 Å². The lowest BCUT2D eigenvalue weighted by Crippen LogP contribution is -2.27. The van der Waals surface area contributed by atoms with Crippen LogP contribution in [0.25, 0.3) is 0 Å². The van der Waals surface area contributed by atoms with E-state index in [9.17, 15) is 9.90 Å². The molecule has 0 amide bonds. The van der Waals surface area contributed by atoms with Gasteiger partial charge in [0.2, 0.25) is 0 Å². The number of benzene rings is 2. The van der Waals surface area contributed by atoms with E-state index < -0.39 is 6.04 Å². The van der Waals surface area contributed by atoms with Crippen LogP contribution in [0.2, 0.25) is 5.02 Å². The van der Waals surface area contributed by atoms with E-state index in [4.69, 9.17) is 16.3 Å². The highest BCUT2D eigenvalue weighted by atomic mass is 35.5. The average Bonchev–Trinajstić information content (AvgIpc) is 3.16. The number of carbonyl (C=O) groups is 1. The van der Waals surface area contributed by atoms with Crippen LogP contribution in [-0.4, -0.2) is 25.7 Å². The number of para-hydroxylation sites is 1. The van der Waals surface area contributed by atoms with E-state index in [1.807, 2.05) is 24.3 Å². The van der Waals surface area contributed by atoms with E-state index in [2.05, 4.69) is 10.1 Å². The van der Waals surface area contributed by atoms with Gasteiger partial charge in [0.05, 0.1) is 0 Å². The molecule has 1 aliphatic rings. The van der Waals surface area contributed by atoms with Crippen LogP contribution >= 0.6 is 11.6 Å². The fourth-order valence-corrected chi connectivity index (χ4v) is 3.52. The molecule has 0 saturated heterocycles. The Balaban J connectivity index is 1.75. The first-order valence-corrected chi connectivity index (χ1v) is 8.79. The minimum Gasteiger partial charge on any atom is -0.510 e. The van der Waals surface area contributed by atoms with E-state index in [1.165, 1.54) is 18.7 Å². The fourth-order valence-electron chi connectivity index (χ4n) is 3.34. The number of halogens is 1. The molecule has 0 unspecified atom stereocenters. The fraction of sp³-hybridized carbons (Fsp3) is 0.150. The van der Waals surface area contributed by atoms with Gasteiger partial charge in [-0.2, -0.15) is 5.10 Å². The van der Waals surface area contributed by atoms with Gasteiger partial charge in [-0.1, -0.05) is 35.9 Å². The first-order valence-electron chi connectivity index (χ1n) is 8.41. The number of nitrogens with zero attached hydrogens (tertiary/aromatic N) is 3. The Morgan fingerprint density at radius 3 is 2.81 bits per heavy atom. The van der Waals surface area contributed by atoms with Crippen molar-refractivity contribution in [2.24, 2.45) is 0 Å². The number of hydrogen-bond acceptors (Lipinski definition) is 5. The van der Waals surface area contributed by atoms with Gasteiger partial charge in [0.15, 0.2) is 5.78 Å². The second kappa shape index (κ2) is 7.25. The van der Waals surface area contributed by atoms with Crippen molar-refractivity contribution in [1.82, 2.24) is 14.8 Å². The van der Waals surface area contributed by atoms with Gasteiger partial charge in [0, 0.05) is 29.0 Å². The zero-order chi connectivity index (χ0) is 18.8.